The van der Waals surface area contributed by atoms with E-state index in [2.05, 4.69) is 48.9 Å². The van der Waals surface area contributed by atoms with Gasteiger partial charge in [-0.1, -0.05) is 29.3 Å². The van der Waals surface area contributed by atoms with E-state index in [4.69, 9.17) is 4.74 Å². The third-order valence-corrected chi connectivity index (χ3v) is 3.94. The summed E-state index contributed by atoms with van der Waals surface area (Å²) >= 11 is 0. The van der Waals surface area contributed by atoms with Gasteiger partial charge in [-0.05, 0) is 46.2 Å². The molecule has 2 rings (SSSR count). The molecule has 0 saturated heterocycles. The molecule has 1 atom stereocenters. The minimum Gasteiger partial charge on any atom is -0.470 e. The molecule has 0 spiro atoms. The summed E-state index contributed by atoms with van der Waals surface area (Å²) in [4.78, 5) is 11.0. The van der Waals surface area contributed by atoms with E-state index in [1.165, 1.54) is 16.7 Å². The molecule has 0 bridgehead atoms. The number of pyridine rings is 1. The van der Waals surface area contributed by atoms with E-state index >= 15 is 0 Å². The van der Waals surface area contributed by atoms with Gasteiger partial charge in [0, 0.05) is 19.7 Å². The van der Waals surface area contributed by atoms with Crippen molar-refractivity contribution in [1.29, 1.82) is 0 Å². The highest BCUT2D eigenvalue weighted by Gasteiger charge is 2.10. The number of benzene rings is 1. The van der Waals surface area contributed by atoms with Crippen molar-refractivity contribution in [3.05, 3.63) is 52.7 Å². The summed E-state index contributed by atoms with van der Waals surface area (Å²) < 4.78 is 6.02. The van der Waals surface area contributed by atoms with Crippen LogP contribution in [0.3, 0.4) is 0 Å². The van der Waals surface area contributed by atoms with Crippen LogP contribution in [0.5, 0.6) is 5.88 Å². The summed E-state index contributed by atoms with van der Waals surface area (Å²) in [5.41, 5.74) is 5.38. The van der Waals surface area contributed by atoms with Gasteiger partial charge in [0.05, 0.1) is 17.7 Å². The normalized spacial score (nSPS) is 12.4. The topological polar surface area (TPSA) is 37.7 Å². The molecular weight excluding hydrogens is 298 g/mol. The molecule has 0 saturated carbocycles. The van der Waals surface area contributed by atoms with E-state index in [0.717, 1.165) is 17.9 Å². The Labute approximate surface area is 145 Å². The predicted octanol–water partition coefficient (Wildman–Crippen LogP) is 4.76. The van der Waals surface area contributed by atoms with E-state index in [1.807, 2.05) is 44.3 Å². The number of ether oxygens (including phenoxy) is 1. The van der Waals surface area contributed by atoms with Crippen LogP contribution in [-0.2, 0) is 0 Å². The number of hydrogen-bond acceptors (Lipinski definition) is 3. The molecule has 0 N–H and O–H groups in total. The maximum atomic E-state index is 6.02. The Morgan fingerprint density at radius 1 is 1.17 bits per heavy atom. The van der Waals surface area contributed by atoms with Gasteiger partial charge in [-0.2, -0.15) is 0 Å². The molecule has 4 nitrogen and oxygen atoms in total. The van der Waals surface area contributed by atoms with Crippen LogP contribution >= 0.6 is 0 Å². The van der Waals surface area contributed by atoms with Gasteiger partial charge < -0.3 is 9.64 Å². The molecule has 0 aliphatic rings. The van der Waals surface area contributed by atoms with E-state index in [0.29, 0.717) is 5.88 Å². The fourth-order valence-electron chi connectivity index (χ4n) is 2.47. The number of nitrogens with zero attached hydrogens (tertiary/aromatic N) is 3. The van der Waals surface area contributed by atoms with Crippen molar-refractivity contribution in [2.45, 2.75) is 40.7 Å². The van der Waals surface area contributed by atoms with Gasteiger partial charge in [0.1, 0.15) is 6.10 Å². The van der Waals surface area contributed by atoms with Gasteiger partial charge in [-0.3, -0.25) is 0 Å². The molecule has 2 aromatic rings. The third kappa shape index (κ3) is 4.82. The maximum absolute atomic E-state index is 6.02. The Balaban J connectivity index is 2.12. The number of aromatic nitrogens is 1. The first-order chi connectivity index (χ1) is 11.4. The number of rotatable bonds is 6. The van der Waals surface area contributed by atoms with Gasteiger partial charge in [0.2, 0.25) is 5.88 Å². The first-order valence-electron chi connectivity index (χ1n) is 8.36. The van der Waals surface area contributed by atoms with Crippen LogP contribution in [0.1, 0.15) is 42.3 Å². The van der Waals surface area contributed by atoms with Crippen molar-refractivity contribution in [3.8, 4) is 5.88 Å². The molecule has 1 aromatic heterocycles. The van der Waals surface area contributed by atoms with Crippen LogP contribution in [0.4, 0.5) is 5.69 Å². The lowest BCUT2D eigenvalue weighted by Gasteiger charge is -2.16. The van der Waals surface area contributed by atoms with Crippen LogP contribution in [0.25, 0.3) is 0 Å². The van der Waals surface area contributed by atoms with Crippen molar-refractivity contribution in [1.82, 2.24) is 9.88 Å². The second-order valence-corrected chi connectivity index (χ2v) is 6.25. The average molecular weight is 325 g/mol. The number of aliphatic imine (C=N–C) groups is 1. The molecular formula is C20H27N3O. The number of aryl methyl sites for hydroxylation is 3. The lowest BCUT2D eigenvalue weighted by Crippen LogP contribution is -2.14. The fraction of sp³-hybridized carbons (Fsp3) is 0.400. The minimum absolute atomic E-state index is 0.0453. The molecule has 24 heavy (non-hydrogen) atoms. The average Bonchev–Trinajstić information content (AvgIpc) is 2.52. The number of hydrogen-bond donors (Lipinski definition) is 0. The maximum Gasteiger partial charge on any atom is 0.214 e. The van der Waals surface area contributed by atoms with Crippen LogP contribution in [0, 0.1) is 20.8 Å². The van der Waals surface area contributed by atoms with E-state index < -0.39 is 0 Å². The molecule has 1 aromatic carbocycles. The van der Waals surface area contributed by atoms with Crippen LogP contribution in [0.15, 0.2) is 35.3 Å². The Hall–Kier alpha value is -2.36. The third-order valence-electron chi connectivity index (χ3n) is 3.94. The van der Waals surface area contributed by atoms with Gasteiger partial charge >= 0.3 is 0 Å². The summed E-state index contributed by atoms with van der Waals surface area (Å²) in [6.45, 7) is 11.2. The smallest absolute Gasteiger partial charge is 0.214 e. The highest BCUT2D eigenvalue weighted by Crippen LogP contribution is 2.25. The van der Waals surface area contributed by atoms with Crippen LogP contribution < -0.4 is 4.74 Å². The van der Waals surface area contributed by atoms with Gasteiger partial charge in [-0.15, -0.1) is 0 Å². The standard InChI is InChI=1S/C20H27N3O/c1-7-23(6)13-21-19-8-9-20(22-16(19)4)24-17(5)18-11-14(2)10-15(3)12-18/h8-13,17H,7H2,1-6H3/b21-13+. The Morgan fingerprint density at radius 3 is 2.42 bits per heavy atom. The molecule has 0 aliphatic carbocycles. The van der Waals surface area contributed by atoms with Gasteiger partial charge in [-0.25, -0.2) is 9.98 Å². The van der Waals surface area contributed by atoms with Crippen molar-refractivity contribution >= 4 is 12.0 Å². The van der Waals surface area contributed by atoms with Crippen molar-refractivity contribution in [2.24, 2.45) is 4.99 Å². The first kappa shape index (κ1) is 18.0. The SMILES string of the molecule is CCN(C)/C=N/c1ccc(OC(C)c2cc(C)cc(C)c2)nc1C. The summed E-state index contributed by atoms with van der Waals surface area (Å²) in [5, 5.41) is 0. The van der Waals surface area contributed by atoms with E-state index in [-0.39, 0.29) is 6.10 Å². The van der Waals surface area contributed by atoms with Gasteiger partial charge in [0.25, 0.3) is 0 Å². The highest BCUT2D eigenvalue weighted by molar-refractivity contribution is 5.62. The zero-order chi connectivity index (χ0) is 17.7. The predicted molar refractivity (Wildman–Crippen MR) is 100 cm³/mol. The molecule has 0 aliphatic heterocycles. The molecule has 1 heterocycles. The molecule has 0 fully saturated rings. The highest BCUT2D eigenvalue weighted by atomic mass is 16.5. The first-order valence-corrected chi connectivity index (χ1v) is 8.36. The van der Waals surface area contributed by atoms with Gasteiger partial charge in [0.15, 0.2) is 0 Å². The monoisotopic (exact) mass is 325 g/mol. The zero-order valence-electron chi connectivity index (χ0n) is 15.5. The molecule has 0 radical (unpaired) electrons. The fourth-order valence-corrected chi connectivity index (χ4v) is 2.47. The van der Waals surface area contributed by atoms with Crippen LogP contribution in [-0.4, -0.2) is 29.8 Å². The van der Waals surface area contributed by atoms with Crippen molar-refractivity contribution in [3.63, 3.8) is 0 Å². The molecule has 128 valence electrons. The summed E-state index contributed by atoms with van der Waals surface area (Å²) in [6.07, 6.45) is 1.78. The van der Waals surface area contributed by atoms with Crippen molar-refractivity contribution < 1.29 is 4.74 Å². The summed E-state index contributed by atoms with van der Waals surface area (Å²) in [5.74, 6) is 0.627. The van der Waals surface area contributed by atoms with Crippen LogP contribution in [0.2, 0.25) is 0 Å². The minimum atomic E-state index is -0.0453. The molecule has 4 heteroatoms. The second kappa shape index (κ2) is 7.95. The lowest BCUT2D eigenvalue weighted by molar-refractivity contribution is 0.217. The van der Waals surface area contributed by atoms with E-state index in [1.54, 1.807) is 0 Å². The van der Waals surface area contributed by atoms with Crippen molar-refractivity contribution in [2.75, 3.05) is 13.6 Å². The second-order valence-electron chi connectivity index (χ2n) is 6.25. The Kier molecular flexibility index (Phi) is 5.96. The molecule has 0 amide bonds. The Bertz CT molecular complexity index is 705. The largest absolute Gasteiger partial charge is 0.470 e. The zero-order valence-corrected chi connectivity index (χ0v) is 15.5. The molecule has 1 unspecified atom stereocenters. The van der Waals surface area contributed by atoms with E-state index in [9.17, 15) is 0 Å². The Morgan fingerprint density at radius 2 is 1.83 bits per heavy atom. The summed E-state index contributed by atoms with van der Waals surface area (Å²) in [7, 11) is 2.00. The summed E-state index contributed by atoms with van der Waals surface area (Å²) in [6, 6.07) is 10.3. The quantitative estimate of drug-likeness (QED) is 0.568. The lowest BCUT2D eigenvalue weighted by atomic mass is 10.0.